The van der Waals surface area contributed by atoms with Crippen molar-refractivity contribution in [2.24, 2.45) is 0 Å². The van der Waals surface area contributed by atoms with Crippen LogP contribution in [-0.2, 0) is 19.2 Å². The van der Waals surface area contributed by atoms with Gasteiger partial charge in [0.15, 0.2) is 0 Å². The Morgan fingerprint density at radius 3 is 2.44 bits per heavy atom. The first-order chi connectivity index (χ1) is 17.0. The highest BCUT2D eigenvalue weighted by atomic mass is 32.2. The number of hydrogen-bond donors (Lipinski definition) is 4. The molecule has 1 aromatic rings. The van der Waals surface area contributed by atoms with E-state index in [9.17, 15) is 24.0 Å². The molecule has 1 unspecified atom stereocenters. The molecule has 2 heterocycles. The Kier molecular flexibility index (Phi) is 9.13. The predicted octanol–water partition coefficient (Wildman–Crippen LogP) is 1.16. The van der Waals surface area contributed by atoms with Crippen LogP contribution < -0.4 is 16.0 Å². The summed E-state index contributed by atoms with van der Waals surface area (Å²) in [5, 5.41) is 17.4. The molecular formula is C25H34N4O6S. The molecule has 10 nitrogen and oxygen atoms in total. The second kappa shape index (κ2) is 11.9. The molecule has 1 aromatic carbocycles. The van der Waals surface area contributed by atoms with E-state index in [0.29, 0.717) is 24.9 Å². The number of fused-ring (bicyclic) bond motifs is 1. The van der Waals surface area contributed by atoms with Gasteiger partial charge in [-0.3, -0.25) is 28.9 Å². The highest BCUT2D eigenvalue weighted by Gasteiger charge is 2.46. The minimum atomic E-state index is -1.08. The molecule has 196 valence electrons. The second-order valence-electron chi connectivity index (χ2n) is 10.2. The minimum absolute atomic E-state index is 0.0821. The number of benzene rings is 1. The van der Waals surface area contributed by atoms with Crippen molar-refractivity contribution in [2.45, 2.75) is 76.2 Å². The van der Waals surface area contributed by atoms with Gasteiger partial charge in [-0.2, -0.15) is 0 Å². The van der Waals surface area contributed by atoms with Crippen molar-refractivity contribution in [3.63, 3.8) is 0 Å². The average Bonchev–Trinajstić information content (AvgIpc) is 3.28. The third-order valence-corrected chi connectivity index (χ3v) is 7.14. The van der Waals surface area contributed by atoms with Crippen molar-refractivity contribution in [1.82, 2.24) is 20.9 Å². The van der Waals surface area contributed by atoms with Gasteiger partial charge in [-0.15, -0.1) is 0 Å². The molecule has 2 aliphatic rings. The van der Waals surface area contributed by atoms with Gasteiger partial charge in [0.25, 0.3) is 0 Å². The third kappa shape index (κ3) is 7.30. The summed E-state index contributed by atoms with van der Waals surface area (Å²) in [6.07, 6.45) is 0.815. The highest BCUT2D eigenvalue weighted by Crippen LogP contribution is 2.26. The van der Waals surface area contributed by atoms with Crippen LogP contribution in [0.2, 0.25) is 0 Å². The van der Waals surface area contributed by atoms with Gasteiger partial charge in [0.1, 0.15) is 12.1 Å². The standard InChI is InChI=1S/C25H34N4O6S/c1-25(2,3)28-23(34)20-17(14-36-24(35)15-8-5-4-6-9-15)27-21(32)16(11-12-19(30)31)26-22(33)18-10-7-13-29(18)20/h4-6,8-9,16-18,20H,7,10-14H2,1-3H3,(H,26,33)(H,27,32)(H,28,34)(H,30,31)/t16-,17-,18-,20?/m0/s1. The van der Waals surface area contributed by atoms with Crippen molar-refractivity contribution in [2.75, 3.05) is 12.3 Å². The van der Waals surface area contributed by atoms with Gasteiger partial charge in [0, 0.05) is 23.3 Å². The maximum absolute atomic E-state index is 13.6. The summed E-state index contributed by atoms with van der Waals surface area (Å²) in [5.41, 5.74) is -0.0544. The van der Waals surface area contributed by atoms with Crippen molar-refractivity contribution < 1.29 is 29.1 Å². The number of nitrogens with one attached hydrogen (secondary N) is 3. The minimum Gasteiger partial charge on any atom is -0.481 e. The largest absolute Gasteiger partial charge is 0.481 e. The Bertz CT molecular complexity index is 996. The van der Waals surface area contributed by atoms with E-state index < -0.39 is 47.5 Å². The number of carboxylic acid groups (broad SMARTS) is 1. The normalized spacial score (nSPS) is 25.0. The SMILES string of the molecule is CC(C)(C)NC(=O)C1[C@H](CSC(=O)c2ccccc2)NC(=O)[C@H](CCC(=O)O)NC(=O)[C@@H]2CCCN12. The van der Waals surface area contributed by atoms with Crippen molar-refractivity contribution in [3.8, 4) is 0 Å². The predicted molar refractivity (Wildman–Crippen MR) is 135 cm³/mol. The van der Waals surface area contributed by atoms with Gasteiger partial charge in [-0.25, -0.2) is 0 Å². The molecule has 2 aliphatic heterocycles. The van der Waals surface area contributed by atoms with Crippen molar-refractivity contribution in [1.29, 1.82) is 0 Å². The molecule has 2 saturated heterocycles. The summed E-state index contributed by atoms with van der Waals surface area (Å²) < 4.78 is 0. The maximum atomic E-state index is 13.6. The van der Waals surface area contributed by atoms with E-state index in [1.165, 1.54) is 0 Å². The average molecular weight is 519 g/mol. The summed E-state index contributed by atoms with van der Waals surface area (Å²) >= 11 is 0.995. The summed E-state index contributed by atoms with van der Waals surface area (Å²) in [6, 6.07) is 5.34. The lowest BCUT2D eigenvalue weighted by molar-refractivity contribution is -0.138. The molecule has 2 fully saturated rings. The van der Waals surface area contributed by atoms with Gasteiger partial charge >= 0.3 is 5.97 Å². The fourth-order valence-electron chi connectivity index (χ4n) is 4.53. The van der Waals surface area contributed by atoms with Crippen LogP contribution in [-0.4, -0.2) is 80.8 Å². The van der Waals surface area contributed by atoms with E-state index in [-0.39, 0.29) is 29.6 Å². The molecule has 3 rings (SSSR count). The maximum Gasteiger partial charge on any atom is 0.303 e. The number of rotatable bonds is 7. The molecule has 4 atom stereocenters. The monoisotopic (exact) mass is 518 g/mol. The van der Waals surface area contributed by atoms with E-state index in [4.69, 9.17) is 5.11 Å². The Morgan fingerprint density at radius 2 is 1.81 bits per heavy atom. The number of hydrogen-bond acceptors (Lipinski definition) is 7. The number of carbonyl (C=O) groups is 5. The lowest BCUT2D eigenvalue weighted by Gasteiger charge is -2.37. The van der Waals surface area contributed by atoms with Crippen LogP contribution in [0.15, 0.2) is 30.3 Å². The molecule has 36 heavy (non-hydrogen) atoms. The van der Waals surface area contributed by atoms with Crippen LogP contribution in [0.4, 0.5) is 0 Å². The lowest BCUT2D eigenvalue weighted by Crippen LogP contribution is -2.63. The first-order valence-corrected chi connectivity index (χ1v) is 13.1. The Labute approximate surface area is 214 Å². The summed E-state index contributed by atoms with van der Waals surface area (Å²) in [6.45, 7) is 6.01. The van der Waals surface area contributed by atoms with Crippen LogP contribution >= 0.6 is 11.8 Å². The second-order valence-corrected chi connectivity index (χ2v) is 11.1. The Hall–Kier alpha value is -2.92. The van der Waals surface area contributed by atoms with Crippen LogP contribution in [0, 0.1) is 0 Å². The van der Waals surface area contributed by atoms with Crippen molar-refractivity contribution >= 4 is 40.6 Å². The topological polar surface area (TPSA) is 145 Å². The van der Waals surface area contributed by atoms with E-state index in [1.807, 2.05) is 26.8 Å². The van der Waals surface area contributed by atoms with Crippen LogP contribution in [0.5, 0.6) is 0 Å². The van der Waals surface area contributed by atoms with E-state index in [1.54, 1.807) is 29.2 Å². The molecule has 0 radical (unpaired) electrons. The molecule has 0 bridgehead atoms. The molecule has 0 spiro atoms. The first-order valence-electron chi connectivity index (χ1n) is 12.1. The van der Waals surface area contributed by atoms with Crippen molar-refractivity contribution in [3.05, 3.63) is 35.9 Å². The molecule has 0 aliphatic carbocycles. The van der Waals surface area contributed by atoms with Gasteiger partial charge in [0.05, 0.1) is 12.1 Å². The van der Waals surface area contributed by atoms with Gasteiger partial charge in [-0.1, -0.05) is 42.1 Å². The van der Waals surface area contributed by atoms with Gasteiger partial charge in [0.2, 0.25) is 22.8 Å². The first kappa shape index (κ1) is 27.7. The zero-order valence-electron chi connectivity index (χ0n) is 20.8. The number of amides is 3. The summed E-state index contributed by atoms with van der Waals surface area (Å²) in [5.74, 6) is -2.30. The fourth-order valence-corrected chi connectivity index (χ4v) is 5.43. The molecular weight excluding hydrogens is 484 g/mol. The zero-order valence-corrected chi connectivity index (χ0v) is 21.6. The smallest absolute Gasteiger partial charge is 0.303 e. The van der Waals surface area contributed by atoms with Crippen LogP contribution in [0.1, 0.15) is 56.8 Å². The zero-order chi connectivity index (χ0) is 26.5. The number of carboxylic acids is 1. The Balaban J connectivity index is 1.94. The summed E-state index contributed by atoms with van der Waals surface area (Å²) in [7, 11) is 0. The van der Waals surface area contributed by atoms with Gasteiger partial charge < -0.3 is 21.1 Å². The molecule has 0 aromatic heterocycles. The van der Waals surface area contributed by atoms with Gasteiger partial charge in [-0.05, 0) is 46.6 Å². The van der Waals surface area contributed by atoms with E-state index >= 15 is 0 Å². The highest BCUT2D eigenvalue weighted by molar-refractivity contribution is 8.14. The van der Waals surface area contributed by atoms with E-state index in [0.717, 1.165) is 11.8 Å². The Morgan fingerprint density at radius 1 is 1.11 bits per heavy atom. The number of thioether (sulfide) groups is 1. The molecule has 4 N–H and O–H groups in total. The molecule has 0 saturated carbocycles. The van der Waals surface area contributed by atoms with Crippen LogP contribution in [0.3, 0.4) is 0 Å². The molecule has 11 heteroatoms. The number of carbonyl (C=O) groups excluding carboxylic acids is 4. The third-order valence-electron chi connectivity index (χ3n) is 6.11. The number of nitrogens with zero attached hydrogens (tertiary/aromatic N) is 1. The van der Waals surface area contributed by atoms with E-state index in [2.05, 4.69) is 16.0 Å². The number of aliphatic carboxylic acids is 1. The molecule has 3 amide bonds. The summed E-state index contributed by atoms with van der Waals surface area (Å²) in [4.78, 5) is 65.7. The fraction of sp³-hybridized carbons (Fsp3) is 0.560. The van der Waals surface area contributed by atoms with Crippen LogP contribution in [0.25, 0.3) is 0 Å². The lowest BCUT2D eigenvalue weighted by atomic mass is 10.0. The quantitative estimate of drug-likeness (QED) is 0.421.